The topological polar surface area (TPSA) is 35.2 Å². The van der Waals surface area contributed by atoms with Crippen LogP contribution in [0.25, 0.3) is 0 Å². The largest absolute Gasteiger partial charge is 0.489 e. The van der Waals surface area contributed by atoms with Gasteiger partial charge in [-0.2, -0.15) is 0 Å². The van der Waals surface area contributed by atoms with Crippen LogP contribution in [0.3, 0.4) is 0 Å². The molecule has 4 heteroatoms. The Bertz CT molecular complexity index is 601. The Hall–Kier alpha value is -1.22. The smallest absolute Gasteiger partial charge is 0.121 e. The zero-order chi connectivity index (χ0) is 14.7. The maximum absolute atomic E-state index is 6.23. The van der Waals surface area contributed by atoms with E-state index in [1.807, 2.05) is 44.2 Å². The first kappa shape index (κ1) is 15.2. The first-order valence-electron chi connectivity index (χ1n) is 6.41. The van der Waals surface area contributed by atoms with Gasteiger partial charge in [-0.3, -0.25) is 0 Å². The zero-order valence-corrected chi connectivity index (χ0v) is 12.9. The monoisotopic (exact) mass is 309 g/mol. The Morgan fingerprint density at radius 3 is 2.50 bits per heavy atom. The van der Waals surface area contributed by atoms with Crippen LogP contribution in [0, 0.1) is 6.92 Å². The van der Waals surface area contributed by atoms with E-state index < -0.39 is 0 Å². The summed E-state index contributed by atoms with van der Waals surface area (Å²) in [5.74, 6) is 0.707. The van der Waals surface area contributed by atoms with Gasteiger partial charge in [-0.1, -0.05) is 41.4 Å². The highest BCUT2D eigenvalue weighted by Crippen LogP contribution is 2.25. The highest BCUT2D eigenvalue weighted by atomic mass is 35.5. The van der Waals surface area contributed by atoms with Crippen LogP contribution in [0.5, 0.6) is 5.75 Å². The van der Waals surface area contributed by atoms with Crippen molar-refractivity contribution < 1.29 is 4.74 Å². The van der Waals surface area contributed by atoms with Crippen LogP contribution in [0.2, 0.25) is 10.0 Å². The fourth-order valence-electron chi connectivity index (χ4n) is 1.92. The van der Waals surface area contributed by atoms with E-state index in [-0.39, 0.29) is 12.1 Å². The van der Waals surface area contributed by atoms with Crippen molar-refractivity contribution in [1.82, 2.24) is 0 Å². The Kier molecular flexibility index (Phi) is 4.92. The lowest BCUT2D eigenvalue weighted by Crippen LogP contribution is -2.28. The Labute approximate surface area is 129 Å². The van der Waals surface area contributed by atoms with Crippen LogP contribution in [-0.2, 0) is 0 Å². The number of aryl methyl sites for hydroxylation is 1. The van der Waals surface area contributed by atoms with Crippen molar-refractivity contribution in [2.75, 3.05) is 0 Å². The molecule has 2 aromatic rings. The minimum Gasteiger partial charge on any atom is -0.489 e. The number of hydrogen-bond acceptors (Lipinski definition) is 2. The van der Waals surface area contributed by atoms with Gasteiger partial charge in [-0.15, -0.1) is 0 Å². The van der Waals surface area contributed by atoms with Gasteiger partial charge in [0.15, 0.2) is 0 Å². The third-order valence-electron chi connectivity index (χ3n) is 3.20. The van der Waals surface area contributed by atoms with E-state index in [1.165, 1.54) is 0 Å². The summed E-state index contributed by atoms with van der Waals surface area (Å²) in [4.78, 5) is 0. The maximum atomic E-state index is 6.23. The van der Waals surface area contributed by atoms with Crippen LogP contribution >= 0.6 is 23.2 Å². The molecule has 2 rings (SSSR count). The molecule has 0 aliphatic carbocycles. The van der Waals surface area contributed by atoms with Crippen LogP contribution in [0.4, 0.5) is 0 Å². The second kappa shape index (κ2) is 6.49. The molecule has 2 unspecified atom stereocenters. The van der Waals surface area contributed by atoms with Gasteiger partial charge in [0.05, 0.1) is 6.04 Å². The number of halogens is 2. The molecule has 20 heavy (non-hydrogen) atoms. The van der Waals surface area contributed by atoms with Crippen LogP contribution in [0.1, 0.15) is 24.1 Å². The van der Waals surface area contributed by atoms with E-state index in [0.29, 0.717) is 15.8 Å². The molecule has 0 saturated carbocycles. The first-order valence-corrected chi connectivity index (χ1v) is 7.17. The molecule has 0 aliphatic rings. The van der Waals surface area contributed by atoms with Gasteiger partial charge in [0.1, 0.15) is 11.9 Å². The van der Waals surface area contributed by atoms with Crippen molar-refractivity contribution in [1.29, 1.82) is 0 Å². The Morgan fingerprint density at radius 2 is 1.85 bits per heavy atom. The van der Waals surface area contributed by atoms with Crippen molar-refractivity contribution in [3.8, 4) is 5.75 Å². The molecular weight excluding hydrogens is 293 g/mol. The van der Waals surface area contributed by atoms with E-state index in [9.17, 15) is 0 Å². The highest BCUT2D eigenvalue weighted by Gasteiger charge is 2.17. The lowest BCUT2D eigenvalue weighted by atomic mass is 10.0. The third kappa shape index (κ3) is 3.66. The fourth-order valence-corrected chi connectivity index (χ4v) is 2.28. The predicted octanol–water partition coefficient (Wildman–Crippen LogP) is 4.77. The summed E-state index contributed by atoms with van der Waals surface area (Å²) < 4.78 is 5.83. The molecule has 0 amide bonds. The van der Waals surface area contributed by atoms with Gasteiger partial charge in [0.2, 0.25) is 0 Å². The van der Waals surface area contributed by atoms with Gasteiger partial charge in [0.25, 0.3) is 0 Å². The van der Waals surface area contributed by atoms with E-state index in [0.717, 1.165) is 11.1 Å². The standard InChI is InChI=1S/C16H17Cl2NO/c1-10-6-7-12(8-15(10)18)16(19)11(2)20-14-5-3-4-13(17)9-14/h3-9,11,16H,19H2,1-2H3. The average molecular weight is 310 g/mol. The van der Waals surface area contributed by atoms with Crippen LogP contribution in [-0.4, -0.2) is 6.10 Å². The van der Waals surface area contributed by atoms with Crippen LogP contribution in [0.15, 0.2) is 42.5 Å². The molecule has 0 heterocycles. The first-order chi connectivity index (χ1) is 9.47. The number of hydrogen-bond donors (Lipinski definition) is 1. The molecule has 0 fully saturated rings. The van der Waals surface area contributed by atoms with Gasteiger partial charge in [0, 0.05) is 10.0 Å². The fraction of sp³-hybridized carbons (Fsp3) is 0.250. The second-order valence-electron chi connectivity index (χ2n) is 4.81. The Morgan fingerprint density at radius 1 is 1.10 bits per heavy atom. The summed E-state index contributed by atoms with van der Waals surface area (Å²) in [6.45, 7) is 3.89. The zero-order valence-electron chi connectivity index (χ0n) is 11.4. The van der Waals surface area contributed by atoms with E-state index in [2.05, 4.69) is 0 Å². The summed E-state index contributed by atoms with van der Waals surface area (Å²) in [6.07, 6.45) is -0.188. The van der Waals surface area contributed by atoms with E-state index >= 15 is 0 Å². The second-order valence-corrected chi connectivity index (χ2v) is 5.66. The number of rotatable bonds is 4. The summed E-state index contributed by atoms with van der Waals surface area (Å²) >= 11 is 12.1. The van der Waals surface area contributed by atoms with Crippen LogP contribution < -0.4 is 10.5 Å². The molecule has 2 atom stereocenters. The molecule has 0 radical (unpaired) electrons. The molecular formula is C16H17Cl2NO. The van der Waals surface area contributed by atoms with Gasteiger partial charge >= 0.3 is 0 Å². The minimum absolute atomic E-state index is 0.188. The van der Waals surface area contributed by atoms with Gasteiger partial charge in [-0.25, -0.2) is 0 Å². The van der Waals surface area contributed by atoms with Crippen molar-refractivity contribution in [2.24, 2.45) is 5.73 Å². The Balaban J connectivity index is 2.11. The van der Waals surface area contributed by atoms with Gasteiger partial charge in [-0.05, 0) is 49.2 Å². The summed E-state index contributed by atoms with van der Waals surface area (Å²) in [5, 5.41) is 1.36. The number of ether oxygens (including phenoxy) is 1. The van der Waals surface area contributed by atoms with Crippen molar-refractivity contribution in [3.63, 3.8) is 0 Å². The quantitative estimate of drug-likeness (QED) is 0.883. The molecule has 0 saturated heterocycles. The minimum atomic E-state index is -0.257. The summed E-state index contributed by atoms with van der Waals surface area (Å²) in [6, 6.07) is 12.8. The molecule has 2 aromatic carbocycles. The number of nitrogens with two attached hydrogens (primary N) is 1. The average Bonchev–Trinajstić information content (AvgIpc) is 2.41. The molecule has 0 spiro atoms. The predicted molar refractivity (Wildman–Crippen MR) is 84.7 cm³/mol. The van der Waals surface area contributed by atoms with Gasteiger partial charge < -0.3 is 10.5 Å². The normalized spacial score (nSPS) is 13.8. The van der Waals surface area contributed by atoms with E-state index in [4.69, 9.17) is 33.7 Å². The number of benzene rings is 2. The molecule has 0 aromatic heterocycles. The SMILES string of the molecule is Cc1ccc(C(N)C(C)Oc2cccc(Cl)c2)cc1Cl. The van der Waals surface area contributed by atoms with E-state index in [1.54, 1.807) is 12.1 Å². The lowest BCUT2D eigenvalue weighted by Gasteiger charge is -2.22. The summed E-state index contributed by atoms with van der Waals surface area (Å²) in [7, 11) is 0. The molecule has 2 nitrogen and oxygen atoms in total. The molecule has 106 valence electrons. The highest BCUT2D eigenvalue weighted by molar-refractivity contribution is 6.31. The molecule has 0 aliphatic heterocycles. The van der Waals surface area contributed by atoms with Crippen molar-refractivity contribution in [3.05, 3.63) is 63.6 Å². The van der Waals surface area contributed by atoms with Crippen molar-refractivity contribution in [2.45, 2.75) is 26.0 Å². The summed E-state index contributed by atoms with van der Waals surface area (Å²) in [5.41, 5.74) is 8.21. The molecule has 0 bridgehead atoms. The molecule has 2 N–H and O–H groups in total. The van der Waals surface area contributed by atoms with Crippen molar-refractivity contribution >= 4 is 23.2 Å². The third-order valence-corrected chi connectivity index (χ3v) is 3.85. The lowest BCUT2D eigenvalue weighted by molar-refractivity contribution is 0.190. The maximum Gasteiger partial charge on any atom is 0.121 e.